The van der Waals surface area contributed by atoms with E-state index in [1.165, 1.54) is 5.56 Å². The van der Waals surface area contributed by atoms with Crippen LogP contribution in [0.1, 0.15) is 18.5 Å². The molecule has 3 aromatic carbocycles. The fourth-order valence-corrected chi connectivity index (χ4v) is 3.87. The van der Waals surface area contributed by atoms with Crippen LogP contribution in [0, 0.1) is 0 Å². The molecule has 0 amide bonds. The van der Waals surface area contributed by atoms with Gasteiger partial charge in [0.15, 0.2) is 5.82 Å². The highest BCUT2D eigenvalue weighted by molar-refractivity contribution is 5.94. The van der Waals surface area contributed by atoms with Crippen LogP contribution in [0.15, 0.2) is 97.3 Å². The lowest BCUT2D eigenvalue weighted by Crippen LogP contribution is -2.09. The van der Waals surface area contributed by atoms with E-state index >= 15 is 0 Å². The van der Waals surface area contributed by atoms with Crippen LogP contribution in [0.2, 0.25) is 0 Å². The molecule has 0 aliphatic carbocycles. The quantitative estimate of drug-likeness (QED) is 0.330. The molecule has 0 unspecified atom stereocenters. The third-order valence-corrected chi connectivity index (χ3v) is 5.67. The zero-order valence-corrected chi connectivity index (χ0v) is 18.6. The Morgan fingerprint density at radius 1 is 0.788 bits per heavy atom. The average molecular weight is 433 g/mol. The van der Waals surface area contributed by atoms with E-state index in [-0.39, 0.29) is 6.04 Å². The van der Waals surface area contributed by atoms with Gasteiger partial charge in [-0.3, -0.25) is 4.98 Å². The van der Waals surface area contributed by atoms with Gasteiger partial charge in [0.2, 0.25) is 0 Å². The van der Waals surface area contributed by atoms with E-state index in [1.54, 1.807) is 19.5 Å². The Hall–Kier alpha value is -4.25. The van der Waals surface area contributed by atoms with E-state index in [2.05, 4.69) is 47.6 Å². The highest BCUT2D eigenvalue weighted by Gasteiger charge is 2.14. The van der Waals surface area contributed by atoms with Crippen molar-refractivity contribution in [3.05, 3.63) is 103 Å². The van der Waals surface area contributed by atoms with Gasteiger partial charge in [-0.25, -0.2) is 9.97 Å². The Labute approximate surface area is 193 Å². The smallest absolute Gasteiger partial charge is 0.163 e. The predicted molar refractivity (Wildman–Crippen MR) is 133 cm³/mol. The van der Waals surface area contributed by atoms with E-state index in [1.807, 2.05) is 54.6 Å². The Bertz CT molecular complexity index is 1390. The molecule has 33 heavy (non-hydrogen) atoms. The van der Waals surface area contributed by atoms with Crippen LogP contribution in [0.25, 0.3) is 33.4 Å². The summed E-state index contributed by atoms with van der Waals surface area (Å²) in [6.45, 7) is 2.14. The summed E-state index contributed by atoms with van der Waals surface area (Å²) < 4.78 is 5.41. The van der Waals surface area contributed by atoms with Crippen molar-refractivity contribution in [3.63, 3.8) is 0 Å². The number of pyridine rings is 1. The fourth-order valence-electron chi connectivity index (χ4n) is 3.87. The maximum absolute atomic E-state index is 5.41. The van der Waals surface area contributed by atoms with Gasteiger partial charge in [-0.05, 0) is 60.0 Å². The first-order valence-electron chi connectivity index (χ1n) is 10.9. The van der Waals surface area contributed by atoms with Gasteiger partial charge < -0.3 is 10.1 Å². The summed E-state index contributed by atoms with van der Waals surface area (Å²) in [6.07, 6.45) is 3.54. The summed E-state index contributed by atoms with van der Waals surface area (Å²) >= 11 is 0. The van der Waals surface area contributed by atoms with Gasteiger partial charge in [0.05, 0.1) is 12.6 Å². The van der Waals surface area contributed by atoms with E-state index in [0.717, 1.165) is 39.2 Å². The molecule has 2 aromatic heterocycles. The van der Waals surface area contributed by atoms with Crippen LogP contribution in [-0.4, -0.2) is 22.1 Å². The van der Waals surface area contributed by atoms with Crippen LogP contribution in [0.4, 0.5) is 5.82 Å². The van der Waals surface area contributed by atoms with E-state index < -0.39 is 0 Å². The number of methoxy groups -OCH3 is 1. The lowest BCUT2D eigenvalue weighted by molar-refractivity contribution is 0.415. The molecule has 0 saturated carbocycles. The second-order valence-electron chi connectivity index (χ2n) is 7.88. The highest BCUT2D eigenvalue weighted by Crippen LogP contribution is 2.32. The first kappa shape index (κ1) is 20.6. The SMILES string of the molecule is COc1cccc(-c2ccc3nc(-c4cccnc4)nc(N[C@H](C)c4ccccc4)c3c2)c1. The second-order valence-corrected chi connectivity index (χ2v) is 7.88. The third kappa shape index (κ3) is 4.39. The number of ether oxygens (including phenoxy) is 1. The fraction of sp³-hybridized carbons (Fsp3) is 0.107. The number of aromatic nitrogens is 3. The zero-order valence-electron chi connectivity index (χ0n) is 18.6. The average Bonchev–Trinajstić information content (AvgIpc) is 2.89. The standard InChI is InChI=1S/C28H24N4O/c1-19(20-8-4-3-5-9-20)30-28-25-17-22(21-10-6-12-24(16-21)33-2)13-14-26(25)31-27(32-28)23-11-7-15-29-18-23/h3-19H,1-2H3,(H,30,31,32)/t19-/m1/s1. The molecular formula is C28H24N4O. The molecule has 5 heteroatoms. The molecule has 0 aliphatic heterocycles. The molecule has 5 nitrogen and oxygen atoms in total. The minimum Gasteiger partial charge on any atom is -0.497 e. The van der Waals surface area contributed by atoms with Gasteiger partial charge in [-0.1, -0.05) is 48.5 Å². The summed E-state index contributed by atoms with van der Waals surface area (Å²) in [5.74, 6) is 2.26. The number of benzene rings is 3. The first-order chi connectivity index (χ1) is 16.2. The maximum Gasteiger partial charge on any atom is 0.163 e. The third-order valence-electron chi connectivity index (χ3n) is 5.67. The molecule has 5 rings (SSSR count). The largest absolute Gasteiger partial charge is 0.497 e. The Morgan fingerprint density at radius 3 is 2.39 bits per heavy atom. The molecule has 0 spiro atoms. The number of hydrogen-bond acceptors (Lipinski definition) is 5. The van der Waals surface area contributed by atoms with E-state index in [4.69, 9.17) is 14.7 Å². The van der Waals surface area contributed by atoms with Crippen LogP contribution in [0.3, 0.4) is 0 Å². The number of anilines is 1. The van der Waals surface area contributed by atoms with Crippen molar-refractivity contribution in [1.29, 1.82) is 0 Å². The molecule has 0 radical (unpaired) electrons. The maximum atomic E-state index is 5.41. The summed E-state index contributed by atoms with van der Waals surface area (Å²) in [5.41, 5.74) is 5.10. The number of hydrogen-bond donors (Lipinski definition) is 1. The van der Waals surface area contributed by atoms with Crippen molar-refractivity contribution in [2.45, 2.75) is 13.0 Å². The zero-order chi connectivity index (χ0) is 22.6. The molecule has 1 N–H and O–H groups in total. The molecule has 162 valence electrons. The van der Waals surface area contributed by atoms with Crippen molar-refractivity contribution >= 4 is 16.7 Å². The van der Waals surface area contributed by atoms with Gasteiger partial charge in [-0.2, -0.15) is 0 Å². The van der Waals surface area contributed by atoms with Gasteiger partial charge >= 0.3 is 0 Å². The molecule has 0 bridgehead atoms. The summed E-state index contributed by atoms with van der Waals surface area (Å²) in [4.78, 5) is 14.0. The number of nitrogens with one attached hydrogen (secondary N) is 1. The Balaban J connectivity index is 1.64. The van der Waals surface area contributed by atoms with Crippen molar-refractivity contribution in [1.82, 2.24) is 15.0 Å². The number of rotatable bonds is 6. The van der Waals surface area contributed by atoms with Crippen LogP contribution in [-0.2, 0) is 0 Å². The van der Waals surface area contributed by atoms with Crippen LogP contribution in [0.5, 0.6) is 5.75 Å². The van der Waals surface area contributed by atoms with Gasteiger partial charge in [0.1, 0.15) is 11.6 Å². The molecule has 0 fully saturated rings. The van der Waals surface area contributed by atoms with Gasteiger partial charge in [0.25, 0.3) is 0 Å². The molecule has 5 aromatic rings. The monoisotopic (exact) mass is 432 g/mol. The topological polar surface area (TPSA) is 59.9 Å². The summed E-state index contributed by atoms with van der Waals surface area (Å²) in [5, 5.41) is 4.58. The summed E-state index contributed by atoms with van der Waals surface area (Å²) in [6, 6.07) is 28.6. The molecule has 0 saturated heterocycles. The lowest BCUT2D eigenvalue weighted by atomic mass is 10.0. The molecule has 1 atom stereocenters. The van der Waals surface area contributed by atoms with E-state index in [9.17, 15) is 0 Å². The predicted octanol–water partition coefficient (Wildman–Crippen LogP) is 6.54. The normalized spacial score (nSPS) is 11.8. The van der Waals surface area contributed by atoms with Crippen LogP contribution < -0.4 is 10.1 Å². The highest BCUT2D eigenvalue weighted by atomic mass is 16.5. The van der Waals surface area contributed by atoms with Crippen LogP contribution >= 0.6 is 0 Å². The number of fused-ring (bicyclic) bond motifs is 1. The minimum atomic E-state index is 0.0755. The first-order valence-corrected chi connectivity index (χ1v) is 10.9. The van der Waals surface area contributed by atoms with Crippen molar-refractivity contribution in [2.24, 2.45) is 0 Å². The molecule has 0 aliphatic rings. The summed E-state index contributed by atoms with van der Waals surface area (Å²) in [7, 11) is 1.68. The van der Waals surface area contributed by atoms with Gasteiger partial charge in [0, 0.05) is 29.4 Å². The van der Waals surface area contributed by atoms with E-state index in [0.29, 0.717) is 5.82 Å². The minimum absolute atomic E-state index is 0.0755. The molecule has 2 heterocycles. The number of nitrogens with zero attached hydrogens (tertiary/aromatic N) is 3. The van der Waals surface area contributed by atoms with Crippen molar-refractivity contribution < 1.29 is 4.74 Å². The van der Waals surface area contributed by atoms with Crippen molar-refractivity contribution in [2.75, 3.05) is 12.4 Å². The molecular weight excluding hydrogens is 408 g/mol. The Morgan fingerprint density at radius 2 is 1.61 bits per heavy atom. The Kier molecular flexibility index (Phi) is 5.68. The van der Waals surface area contributed by atoms with Gasteiger partial charge in [-0.15, -0.1) is 0 Å². The van der Waals surface area contributed by atoms with Crippen molar-refractivity contribution in [3.8, 4) is 28.3 Å². The second kappa shape index (κ2) is 9.09. The lowest BCUT2D eigenvalue weighted by Gasteiger charge is -2.18.